The second-order valence-corrected chi connectivity index (χ2v) is 6.68. The van der Waals surface area contributed by atoms with Crippen LogP contribution >= 0.6 is 0 Å². The van der Waals surface area contributed by atoms with Crippen molar-refractivity contribution in [2.45, 2.75) is 58.7 Å². The van der Waals surface area contributed by atoms with Crippen LogP contribution in [0.1, 0.15) is 45.6 Å². The van der Waals surface area contributed by atoms with Gasteiger partial charge >= 0.3 is 0 Å². The average molecular weight is 316 g/mol. The van der Waals surface area contributed by atoms with Crippen LogP contribution < -0.4 is 10.1 Å². The minimum atomic E-state index is -0.409. The molecule has 23 heavy (non-hydrogen) atoms. The van der Waals surface area contributed by atoms with Crippen LogP contribution in [-0.2, 0) is 16.1 Å². The molecule has 0 aromatic heterocycles. The van der Waals surface area contributed by atoms with Crippen molar-refractivity contribution in [3.63, 3.8) is 0 Å². The van der Waals surface area contributed by atoms with Crippen molar-refractivity contribution in [1.29, 1.82) is 0 Å². The van der Waals surface area contributed by atoms with E-state index in [-0.39, 0.29) is 17.7 Å². The maximum atomic E-state index is 12.6. The minimum absolute atomic E-state index is 0.0129. The molecule has 5 nitrogen and oxygen atoms in total. The first-order chi connectivity index (χ1) is 11.0. The molecule has 1 aromatic rings. The van der Waals surface area contributed by atoms with Gasteiger partial charge in [-0.2, -0.15) is 0 Å². The molecule has 1 atom stereocenters. The number of amides is 2. The van der Waals surface area contributed by atoms with Crippen molar-refractivity contribution in [2.75, 3.05) is 5.32 Å². The molecule has 5 heteroatoms. The van der Waals surface area contributed by atoms with Crippen molar-refractivity contribution in [2.24, 2.45) is 5.92 Å². The Balaban J connectivity index is 1.87. The topological polar surface area (TPSA) is 58.6 Å². The van der Waals surface area contributed by atoms with Gasteiger partial charge in [0.15, 0.2) is 6.10 Å². The molecule has 1 aliphatic carbocycles. The Morgan fingerprint density at radius 3 is 2.74 bits per heavy atom. The molecule has 1 aliphatic heterocycles. The summed E-state index contributed by atoms with van der Waals surface area (Å²) in [5.74, 6) is 0.745. The van der Waals surface area contributed by atoms with Crippen molar-refractivity contribution < 1.29 is 14.3 Å². The molecular weight excluding hydrogens is 292 g/mol. The number of benzene rings is 1. The Kier molecular flexibility index (Phi) is 4.28. The smallest absolute Gasteiger partial charge is 0.264 e. The zero-order valence-corrected chi connectivity index (χ0v) is 14.0. The summed E-state index contributed by atoms with van der Waals surface area (Å²) >= 11 is 0. The third-order valence-corrected chi connectivity index (χ3v) is 4.38. The van der Waals surface area contributed by atoms with Crippen LogP contribution in [0.4, 0.5) is 5.69 Å². The number of nitrogens with zero attached hydrogens (tertiary/aromatic N) is 1. The van der Waals surface area contributed by atoms with Gasteiger partial charge < -0.3 is 15.0 Å². The molecule has 1 heterocycles. The van der Waals surface area contributed by atoms with E-state index in [1.807, 2.05) is 43.9 Å². The van der Waals surface area contributed by atoms with Crippen molar-refractivity contribution in [1.82, 2.24) is 4.90 Å². The fourth-order valence-electron chi connectivity index (χ4n) is 2.79. The normalized spacial score (nSPS) is 20.8. The highest BCUT2D eigenvalue weighted by Gasteiger charge is 2.38. The Hall–Kier alpha value is -2.04. The van der Waals surface area contributed by atoms with E-state index < -0.39 is 6.10 Å². The number of rotatable bonds is 4. The predicted molar refractivity (Wildman–Crippen MR) is 88.2 cm³/mol. The molecule has 0 bridgehead atoms. The van der Waals surface area contributed by atoms with Crippen LogP contribution in [0.2, 0.25) is 0 Å². The zero-order chi connectivity index (χ0) is 16.6. The summed E-state index contributed by atoms with van der Waals surface area (Å²) in [6.07, 6.45) is 2.39. The number of hydrogen-bond donors (Lipinski definition) is 1. The van der Waals surface area contributed by atoms with Crippen molar-refractivity contribution in [3.05, 3.63) is 23.8 Å². The van der Waals surface area contributed by atoms with Gasteiger partial charge in [-0.25, -0.2) is 0 Å². The molecule has 1 unspecified atom stereocenters. The van der Waals surface area contributed by atoms with E-state index in [0.29, 0.717) is 19.0 Å². The molecule has 1 aromatic carbocycles. The van der Waals surface area contributed by atoms with Crippen LogP contribution in [0.5, 0.6) is 5.75 Å². The van der Waals surface area contributed by atoms with Gasteiger partial charge in [-0.3, -0.25) is 9.59 Å². The van der Waals surface area contributed by atoms with E-state index in [2.05, 4.69) is 5.32 Å². The van der Waals surface area contributed by atoms with Gasteiger partial charge in [0.05, 0.1) is 0 Å². The first kappa shape index (κ1) is 15.8. The van der Waals surface area contributed by atoms with Gasteiger partial charge in [0, 0.05) is 29.8 Å². The summed E-state index contributed by atoms with van der Waals surface area (Å²) in [5.41, 5.74) is 1.71. The van der Waals surface area contributed by atoms with Crippen LogP contribution in [0.15, 0.2) is 18.2 Å². The first-order valence-electron chi connectivity index (χ1n) is 8.40. The molecule has 2 aliphatic rings. The summed E-state index contributed by atoms with van der Waals surface area (Å²) in [6.45, 7) is 6.25. The molecule has 1 saturated carbocycles. The van der Waals surface area contributed by atoms with E-state index >= 15 is 0 Å². The lowest BCUT2D eigenvalue weighted by atomic mass is 10.1. The number of fused-ring (bicyclic) bond motifs is 1. The summed E-state index contributed by atoms with van der Waals surface area (Å²) in [5, 5.41) is 2.91. The molecule has 0 radical (unpaired) electrons. The maximum Gasteiger partial charge on any atom is 0.264 e. The Bertz CT molecular complexity index is 623. The SMILES string of the molecule is CCC1Oc2ccc(NC(=O)C(C)C)cc2CN(C2CC2)C1=O. The molecule has 0 spiro atoms. The highest BCUT2D eigenvalue weighted by atomic mass is 16.5. The lowest BCUT2D eigenvalue weighted by Gasteiger charge is -2.22. The van der Waals surface area contributed by atoms with Gasteiger partial charge in [0.25, 0.3) is 5.91 Å². The fraction of sp³-hybridized carbons (Fsp3) is 0.556. The van der Waals surface area contributed by atoms with E-state index in [1.54, 1.807) is 0 Å². The van der Waals surface area contributed by atoms with E-state index in [0.717, 1.165) is 29.8 Å². The Morgan fingerprint density at radius 2 is 2.13 bits per heavy atom. The first-order valence-corrected chi connectivity index (χ1v) is 8.40. The highest BCUT2D eigenvalue weighted by Crippen LogP contribution is 2.35. The number of carbonyl (C=O) groups is 2. The number of ether oxygens (including phenoxy) is 1. The third-order valence-electron chi connectivity index (χ3n) is 4.38. The molecule has 1 N–H and O–H groups in total. The number of nitrogens with one attached hydrogen (secondary N) is 1. The second kappa shape index (κ2) is 6.22. The molecule has 3 rings (SSSR count). The van der Waals surface area contributed by atoms with Crippen molar-refractivity contribution in [3.8, 4) is 5.75 Å². The second-order valence-electron chi connectivity index (χ2n) is 6.68. The van der Waals surface area contributed by atoms with Gasteiger partial charge in [0.1, 0.15) is 5.75 Å². The van der Waals surface area contributed by atoms with Gasteiger partial charge in [0.2, 0.25) is 5.91 Å². The van der Waals surface area contributed by atoms with Gasteiger partial charge in [-0.15, -0.1) is 0 Å². The molecule has 1 fully saturated rings. The van der Waals surface area contributed by atoms with Crippen molar-refractivity contribution >= 4 is 17.5 Å². The minimum Gasteiger partial charge on any atom is -0.480 e. The van der Waals surface area contributed by atoms with Gasteiger partial charge in [-0.1, -0.05) is 20.8 Å². The number of carbonyl (C=O) groups excluding carboxylic acids is 2. The van der Waals surface area contributed by atoms with Crippen LogP contribution in [-0.4, -0.2) is 28.9 Å². The van der Waals surface area contributed by atoms with Crippen LogP contribution in [0, 0.1) is 5.92 Å². The fourth-order valence-corrected chi connectivity index (χ4v) is 2.79. The highest BCUT2D eigenvalue weighted by molar-refractivity contribution is 5.92. The summed E-state index contributed by atoms with van der Waals surface area (Å²) in [4.78, 5) is 26.4. The predicted octanol–water partition coefficient (Wildman–Crippen LogP) is 2.94. The van der Waals surface area contributed by atoms with E-state index in [4.69, 9.17) is 4.74 Å². The molecular formula is C18H24N2O3. The largest absolute Gasteiger partial charge is 0.480 e. The van der Waals surface area contributed by atoms with Gasteiger partial charge in [-0.05, 0) is 37.5 Å². The molecule has 0 saturated heterocycles. The summed E-state index contributed by atoms with van der Waals surface area (Å²) in [7, 11) is 0. The van der Waals surface area contributed by atoms with E-state index in [1.165, 1.54) is 0 Å². The Morgan fingerprint density at radius 1 is 1.39 bits per heavy atom. The van der Waals surface area contributed by atoms with Crippen LogP contribution in [0.25, 0.3) is 0 Å². The Labute approximate surface area is 137 Å². The third kappa shape index (κ3) is 3.33. The molecule has 2 amide bonds. The number of hydrogen-bond acceptors (Lipinski definition) is 3. The van der Waals surface area contributed by atoms with Crippen LogP contribution in [0.3, 0.4) is 0 Å². The summed E-state index contributed by atoms with van der Waals surface area (Å²) in [6, 6.07) is 5.97. The lowest BCUT2D eigenvalue weighted by molar-refractivity contribution is -0.139. The quantitative estimate of drug-likeness (QED) is 0.929. The average Bonchev–Trinajstić information content (AvgIpc) is 3.35. The maximum absolute atomic E-state index is 12.6. The monoisotopic (exact) mass is 316 g/mol. The lowest BCUT2D eigenvalue weighted by Crippen LogP contribution is -2.40. The summed E-state index contributed by atoms with van der Waals surface area (Å²) < 4.78 is 5.93. The number of anilines is 1. The van der Waals surface area contributed by atoms with E-state index in [9.17, 15) is 9.59 Å². The standard InChI is InChI=1S/C18H24N2O3/c1-4-15-18(22)20(14-6-7-14)10-12-9-13(5-8-16(12)23-15)19-17(21)11(2)3/h5,8-9,11,14-15H,4,6-7,10H2,1-3H3,(H,19,21). The molecule has 124 valence electrons. The zero-order valence-electron chi connectivity index (χ0n) is 14.0.